The van der Waals surface area contributed by atoms with Gasteiger partial charge in [-0.05, 0) is 24.6 Å². The molecule has 92 valence electrons. The number of hydrogen-bond acceptors (Lipinski definition) is 4. The molecular weight excluding hydrogens is 240 g/mol. The molecule has 1 amide bonds. The van der Waals surface area contributed by atoms with Crippen LogP contribution in [0.5, 0.6) is 0 Å². The Hall–Kier alpha value is -1.14. The number of hydrogen-bond donors (Lipinski definition) is 4. The second-order valence-corrected chi connectivity index (χ2v) is 4.58. The summed E-state index contributed by atoms with van der Waals surface area (Å²) >= 11 is 5.95. The molecule has 0 radical (unpaired) electrons. The summed E-state index contributed by atoms with van der Waals surface area (Å²) in [7, 11) is 0. The largest absolute Gasteiger partial charge is 0.294 e. The second kappa shape index (κ2) is 5.01. The van der Waals surface area contributed by atoms with E-state index in [2.05, 4.69) is 16.3 Å². The van der Waals surface area contributed by atoms with Gasteiger partial charge >= 0.3 is 0 Å². The number of carbonyl (C=O) groups is 1. The monoisotopic (exact) mass is 254 g/mol. The number of carbonyl (C=O) groups excluding carboxylic acids is 1. The average molecular weight is 255 g/mol. The van der Waals surface area contributed by atoms with E-state index in [9.17, 15) is 4.79 Å². The number of benzene rings is 1. The van der Waals surface area contributed by atoms with Crippen molar-refractivity contribution < 1.29 is 4.79 Å². The van der Waals surface area contributed by atoms with Gasteiger partial charge in [-0.3, -0.25) is 15.6 Å². The van der Waals surface area contributed by atoms with Crippen molar-refractivity contribution >= 4 is 17.5 Å². The zero-order valence-electron chi connectivity index (χ0n) is 9.41. The SMILES string of the molecule is CC1NNC(c2cccc(Cl)c2)C1C(=O)NN. The van der Waals surface area contributed by atoms with E-state index in [1.54, 1.807) is 6.07 Å². The summed E-state index contributed by atoms with van der Waals surface area (Å²) in [6.07, 6.45) is 0. The van der Waals surface area contributed by atoms with Gasteiger partial charge < -0.3 is 0 Å². The Morgan fingerprint density at radius 3 is 2.88 bits per heavy atom. The van der Waals surface area contributed by atoms with Crippen LogP contribution >= 0.6 is 11.6 Å². The zero-order chi connectivity index (χ0) is 12.4. The first-order valence-electron chi connectivity index (χ1n) is 5.40. The van der Waals surface area contributed by atoms with Crippen LogP contribution in [-0.4, -0.2) is 11.9 Å². The van der Waals surface area contributed by atoms with Crippen molar-refractivity contribution in [2.24, 2.45) is 11.8 Å². The molecule has 2 rings (SSSR count). The molecular formula is C11H15ClN4O. The van der Waals surface area contributed by atoms with Crippen molar-refractivity contribution in [3.8, 4) is 0 Å². The topological polar surface area (TPSA) is 79.2 Å². The van der Waals surface area contributed by atoms with Gasteiger partial charge in [0.1, 0.15) is 0 Å². The molecule has 5 N–H and O–H groups in total. The number of rotatable bonds is 2. The molecule has 0 bridgehead atoms. The lowest BCUT2D eigenvalue weighted by atomic mass is 9.90. The zero-order valence-corrected chi connectivity index (χ0v) is 10.2. The van der Waals surface area contributed by atoms with Crippen LogP contribution in [0, 0.1) is 5.92 Å². The number of nitrogens with one attached hydrogen (secondary N) is 3. The van der Waals surface area contributed by atoms with Crippen molar-refractivity contribution in [3.05, 3.63) is 34.9 Å². The highest BCUT2D eigenvalue weighted by Crippen LogP contribution is 2.29. The lowest BCUT2D eigenvalue weighted by Crippen LogP contribution is -2.41. The maximum absolute atomic E-state index is 11.7. The standard InChI is InChI=1S/C11H15ClN4O/c1-6-9(11(17)14-13)10(16-15-6)7-3-2-4-8(12)5-7/h2-6,9-10,15-16H,13H2,1H3,(H,14,17). The van der Waals surface area contributed by atoms with Gasteiger partial charge in [-0.25, -0.2) is 11.3 Å². The lowest BCUT2D eigenvalue weighted by Gasteiger charge is -2.19. The fourth-order valence-electron chi connectivity index (χ4n) is 2.15. The Kier molecular flexibility index (Phi) is 3.63. The first kappa shape index (κ1) is 12.3. The van der Waals surface area contributed by atoms with Gasteiger partial charge in [0.25, 0.3) is 0 Å². The van der Waals surface area contributed by atoms with E-state index in [0.717, 1.165) is 5.56 Å². The molecule has 0 aliphatic carbocycles. The summed E-state index contributed by atoms with van der Waals surface area (Å²) < 4.78 is 0. The first-order valence-corrected chi connectivity index (χ1v) is 5.78. The maximum Gasteiger partial charge on any atom is 0.240 e. The summed E-state index contributed by atoms with van der Waals surface area (Å²) in [5.74, 6) is 4.74. The smallest absolute Gasteiger partial charge is 0.240 e. The number of amides is 1. The summed E-state index contributed by atoms with van der Waals surface area (Å²) in [6, 6.07) is 7.31. The molecule has 1 aliphatic heterocycles. The van der Waals surface area contributed by atoms with Gasteiger partial charge in [0.05, 0.1) is 12.0 Å². The van der Waals surface area contributed by atoms with Crippen LogP contribution in [0.1, 0.15) is 18.5 Å². The van der Waals surface area contributed by atoms with E-state index in [1.165, 1.54) is 0 Å². The van der Waals surface area contributed by atoms with Crippen molar-refractivity contribution in [3.63, 3.8) is 0 Å². The molecule has 0 aromatic heterocycles. The highest BCUT2D eigenvalue weighted by molar-refractivity contribution is 6.30. The molecule has 5 nitrogen and oxygen atoms in total. The predicted octanol–water partition coefficient (Wildman–Crippen LogP) is 0.483. The van der Waals surface area contributed by atoms with Crippen LogP contribution in [-0.2, 0) is 4.79 Å². The molecule has 1 saturated heterocycles. The van der Waals surface area contributed by atoms with Gasteiger partial charge in [0.15, 0.2) is 0 Å². The molecule has 0 spiro atoms. The number of halogens is 1. The Labute approximate surface area is 105 Å². The Morgan fingerprint density at radius 1 is 1.47 bits per heavy atom. The second-order valence-electron chi connectivity index (χ2n) is 4.14. The van der Waals surface area contributed by atoms with Gasteiger partial charge in [0.2, 0.25) is 5.91 Å². The average Bonchev–Trinajstić information content (AvgIpc) is 2.70. The molecule has 3 atom stereocenters. The fraction of sp³-hybridized carbons (Fsp3) is 0.364. The summed E-state index contributed by atoms with van der Waals surface area (Å²) in [6.45, 7) is 1.93. The molecule has 1 aromatic rings. The van der Waals surface area contributed by atoms with Crippen LogP contribution in [0.3, 0.4) is 0 Å². The van der Waals surface area contributed by atoms with E-state index >= 15 is 0 Å². The summed E-state index contributed by atoms with van der Waals surface area (Å²) in [5, 5.41) is 0.649. The van der Waals surface area contributed by atoms with E-state index in [-0.39, 0.29) is 23.9 Å². The van der Waals surface area contributed by atoms with Crippen molar-refractivity contribution in [2.45, 2.75) is 19.0 Å². The molecule has 1 aliphatic rings. The minimum atomic E-state index is -0.265. The van der Waals surface area contributed by atoms with E-state index in [4.69, 9.17) is 17.4 Å². The number of nitrogens with two attached hydrogens (primary N) is 1. The summed E-state index contributed by atoms with van der Waals surface area (Å²) in [4.78, 5) is 11.7. The van der Waals surface area contributed by atoms with Crippen LogP contribution in [0.4, 0.5) is 0 Å². The van der Waals surface area contributed by atoms with E-state index < -0.39 is 0 Å². The van der Waals surface area contributed by atoms with Gasteiger partial charge in [0, 0.05) is 11.1 Å². The third-order valence-electron chi connectivity index (χ3n) is 3.02. The highest BCUT2D eigenvalue weighted by atomic mass is 35.5. The molecule has 1 aromatic carbocycles. The number of hydrazine groups is 2. The Morgan fingerprint density at radius 2 is 2.24 bits per heavy atom. The molecule has 17 heavy (non-hydrogen) atoms. The van der Waals surface area contributed by atoms with E-state index in [1.807, 2.05) is 25.1 Å². The van der Waals surface area contributed by atoms with Crippen LogP contribution in [0.25, 0.3) is 0 Å². The normalized spacial score (nSPS) is 28.1. The van der Waals surface area contributed by atoms with Gasteiger partial charge in [-0.2, -0.15) is 0 Å². The third-order valence-corrected chi connectivity index (χ3v) is 3.25. The molecule has 6 heteroatoms. The van der Waals surface area contributed by atoms with Gasteiger partial charge in [-0.15, -0.1) is 0 Å². The van der Waals surface area contributed by atoms with Crippen molar-refractivity contribution in [2.75, 3.05) is 0 Å². The van der Waals surface area contributed by atoms with Crippen LogP contribution < -0.4 is 22.1 Å². The highest BCUT2D eigenvalue weighted by Gasteiger charge is 2.39. The Bertz CT molecular complexity index is 426. The lowest BCUT2D eigenvalue weighted by molar-refractivity contribution is -0.125. The third kappa shape index (κ3) is 2.42. The molecule has 1 heterocycles. The van der Waals surface area contributed by atoms with Crippen molar-refractivity contribution in [1.29, 1.82) is 0 Å². The fourth-order valence-corrected chi connectivity index (χ4v) is 2.35. The first-order chi connectivity index (χ1) is 8.13. The summed E-state index contributed by atoms with van der Waals surface area (Å²) in [5.41, 5.74) is 9.29. The maximum atomic E-state index is 11.7. The molecule has 3 unspecified atom stereocenters. The minimum Gasteiger partial charge on any atom is -0.294 e. The Balaban J connectivity index is 2.28. The predicted molar refractivity (Wildman–Crippen MR) is 65.7 cm³/mol. The van der Waals surface area contributed by atoms with Crippen LogP contribution in [0.2, 0.25) is 5.02 Å². The molecule has 1 fully saturated rings. The quantitative estimate of drug-likeness (QED) is 0.352. The molecule has 0 saturated carbocycles. The van der Waals surface area contributed by atoms with Crippen LogP contribution in [0.15, 0.2) is 24.3 Å². The van der Waals surface area contributed by atoms with Gasteiger partial charge in [-0.1, -0.05) is 23.7 Å². The minimum absolute atomic E-state index is 0.00234. The van der Waals surface area contributed by atoms with Crippen molar-refractivity contribution in [1.82, 2.24) is 16.3 Å². The van der Waals surface area contributed by atoms with E-state index in [0.29, 0.717) is 5.02 Å².